The van der Waals surface area contributed by atoms with Gasteiger partial charge in [0.1, 0.15) is 10.6 Å². The van der Waals surface area contributed by atoms with Gasteiger partial charge in [0.2, 0.25) is 0 Å². The maximum Gasteiger partial charge on any atom is 0.265 e. The van der Waals surface area contributed by atoms with Crippen LogP contribution in [0, 0.1) is 0 Å². The maximum atomic E-state index is 13.1. The molecule has 0 spiro atoms. The van der Waals surface area contributed by atoms with Crippen LogP contribution in [0.3, 0.4) is 0 Å². The van der Waals surface area contributed by atoms with Crippen molar-refractivity contribution in [3.63, 3.8) is 0 Å². The Morgan fingerprint density at radius 2 is 2.14 bits per heavy atom. The molecule has 0 radical (unpaired) electrons. The molecule has 0 saturated heterocycles. The second kappa shape index (κ2) is 7.84. The SMILES string of the molecule is COc1ccc(C2=CCCOC2)cc1S(=O)(=O)Nc1cnc2c(c1)C(=O)NCC2. The molecular weight excluding hydrogens is 394 g/mol. The summed E-state index contributed by atoms with van der Waals surface area (Å²) in [5, 5.41) is 2.73. The van der Waals surface area contributed by atoms with Crippen molar-refractivity contribution < 1.29 is 22.7 Å². The molecule has 2 aliphatic rings. The van der Waals surface area contributed by atoms with Crippen LogP contribution in [-0.4, -0.2) is 46.2 Å². The minimum Gasteiger partial charge on any atom is -0.495 e. The smallest absolute Gasteiger partial charge is 0.265 e. The lowest BCUT2D eigenvalue weighted by molar-refractivity contribution is 0.0945. The summed E-state index contributed by atoms with van der Waals surface area (Å²) in [6, 6.07) is 6.50. The number of amides is 1. The van der Waals surface area contributed by atoms with Crippen molar-refractivity contribution in [2.24, 2.45) is 0 Å². The Hall–Kier alpha value is -2.91. The van der Waals surface area contributed by atoms with E-state index < -0.39 is 10.0 Å². The Morgan fingerprint density at radius 1 is 1.28 bits per heavy atom. The highest BCUT2D eigenvalue weighted by Gasteiger charge is 2.24. The number of rotatable bonds is 5. The average molecular weight is 415 g/mol. The van der Waals surface area contributed by atoms with E-state index in [0.717, 1.165) is 17.6 Å². The highest BCUT2D eigenvalue weighted by Crippen LogP contribution is 2.30. The Morgan fingerprint density at radius 3 is 2.90 bits per heavy atom. The fourth-order valence-corrected chi connectivity index (χ4v) is 4.62. The highest BCUT2D eigenvalue weighted by molar-refractivity contribution is 7.92. The Balaban J connectivity index is 1.69. The van der Waals surface area contributed by atoms with Crippen molar-refractivity contribution in [3.05, 3.63) is 53.4 Å². The molecule has 8 nitrogen and oxygen atoms in total. The van der Waals surface area contributed by atoms with Gasteiger partial charge in [-0.15, -0.1) is 0 Å². The standard InChI is InChI=1S/C20H21N3O5S/c1-27-18-5-4-13(14-3-2-8-28-12-14)9-19(18)29(25,26)23-15-10-16-17(22-11-15)6-7-21-20(16)24/h3-5,9-11,23H,2,6-8,12H2,1H3,(H,21,24). The number of hydrogen-bond acceptors (Lipinski definition) is 6. The molecule has 0 saturated carbocycles. The Bertz CT molecular complexity index is 1100. The first-order valence-corrected chi connectivity index (χ1v) is 10.7. The monoisotopic (exact) mass is 415 g/mol. The third-order valence-electron chi connectivity index (χ3n) is 4.85. The third-order valence-corrected chi connectivity index (χ3v) is 6.25. The van der Waals surface area contributed by atoms with Gasteiger partial charge in [-0.25, -0.2) is 8.42 Å². The molecule has 3 heterocycles. The number of benzene rings is 1. The molecule has 0 aliphatic carbocycles. The van der Waals surface area contributed by atoms with Gasteiger partial charge in [0.05, 0.1) is 43.5 Å². The van der Waals surface area contributed by atoms with E-state index in [9.17, 15) is 13.2 Å². The number of pyridine rings is 1. The molecule has 0 fully saturated rings. The normalized spacial score (nSPS) is 16.4. The molecular formula is C20H21N3O5S. The number of ether oxygens (including phenoxy) is 2. The molecule has 2 aliphatic heterocycles. The number of nitrogens with zero attached hydrogens (tertiary/aromatic N) is 1. The first-order valence-electron chi connectivity index (χ1n) is 9.23. The van der Waals surface area contributed by atoms with E-state index in [4.69, 9.17) is 9.47 Å². The van der Waals surface area contributed by atoms with E-state index in [-0.39, 0.29) is 22.2 Å². The molecule has 1 aromatic carbocycles. The number of anilines is 1. The number of nitrogens with one attached hydrogen (secondary N) is 2. The minimum absolute atomic E-state index is 0.00569. The lowest BCUT2D eigenvalue weighted by atomic mass is 10.0. The number of carbonyl (C=O) groups is 1. The van der Waals surface area contributed by atoms with Crippen LogP contribution in [0.4, 0.5) is 5.69 Å². The largest absolute Gasteiger partial charge is 0.495 e. The van der Waals surface area contributed by atoms with Gasteiger partial charge in [-0.2, -0.15) is 0 Å². The predicted molar refractivity (Wildman–Crippen MR) is 107 cm³/mol. The Labute approximate surface area is 169 Å². The predicted octanol–water partition coefficient (Wildman–Crippen LogP) is 1.98. The van der Waals surface area contributed by atoms with Crippen LogP contribution in [-0.2, 0) is 21.2 Å². The first-order chi connectivity index (χ1) is 14.0. The van der Waals surface area contributed by atoms with Crippen molar-refractivity contribution >= 4 is 27.2 Å². The highest BCUT2D eigenvalue weighted by atomic mass is 32.2. The van der Waals surface area contributed by atoms with Crippen LogP contribution >= 0.6 is 0 Å². The topological polar surface area (TPSA) is 107 Å². The van der Waals surface area contributed by atoms with Crippen LogP contribution in [0.25, 0.3) is 5.57 Å². The van der Waals surface area contributed by atoms with E-state index >= 15 is 0 Å². The van der Waals surface area contributed by atoms with Gasteiger partial charge in [0, 0.05) is 13.0 Å². The molecule has 0 atom stereocenters. The van der Waals surface area contributed by atoms with Gasteiger partial charge in [0.25, 0.3) is 15.9 Å². The summed E-state index contributed by atoms with van der Waals surface area (Å²) < 4.78 is 39.4. The third kappa shape index (κ3) is 3.96. The molecule has 152 valence electrons. The van der Waals surface area contributed by atoms with Gasteiger partial charge < -0.3 is 14.8 Å². The van der Waals surface area contributed by atoms with Crippen LogP contribution in [0.2, 0.25) is 0 Å². The van der Waals surface area contributed by atoms with Gasteiger partial charge in [0.15, 0.2) is 0 Å². The van der Waals surface area contributed by atoms with E-state index in [1.165, 1.54) is 19.4 Å². The van der Waals surface area contributed by atoms with Gasteiger partial charge in [-0.1, -0.05) is 12.1 Å². The van der Waals surface area contributed by atoms with Crippen molar-refractivity contribution in [1.82, 2.24) is 10.3 Å². The van der Waals surface area contributed by atoms with E-state index in [2.05, 4.69) is 15.0 Å². The summed E-state index contributed by atoms with van der Waals surface area (Å²) in [6.45, 7) is 1.61. The maximum absolute atomic E-state index is 13.1. The molecule has 0 bridgehead atoms. The lowest BCUT2D eigenvalue weighted by Crippen LogP contribution is -2.32. The van der Waals surface area contributed by atoms with Crippen molar-refractivity contribution in [2.75, 3.05) is 31.6 Å². The van der Waals surface area contributed by atoms with E-state index in [1.54, 1.807) is 12.1 Å². The summed E-state index contributed by atoms with van der Waals surface area (Å²) in [5.74, 6) is -0.0362. The second-order valence-corrected chi connectivity index (χ2v) is 8.42. The molecule has 29 heavy (non-hydrogen) atoms. The van der Waals surface area contributed by atoms with Gasteiger partial charge >= 0.3 is 0 Å². The number of sulfonamides is 1. The van der Waals surface area contributed by atoms with Crippen LogP contribution in [0.1, 0.15) is 28.0 Å². The molecule has 9 heteroatoms. The molecule has 4 rings (SSSR count). The fourth-order valence-electron chi connectivity index (χ4n) is 3.39. The lowest BCUT2D eigenvalue weighted by Gasteiger charge is -2.18. The summed E-state index contributed by atoms with van der Waals surface area (Å²) in [4.78, 5) is 16.3. The molecule has 1 amide bonds. The van der Waals surface area contributed by atoms with Crippen LogP contribution in [0.5, 0.6) is 5.75 Å². The number of methoxy groups -OCH3 is 1. The minimum atomic E-state index is -3.98. The quantitative estimate of drug-likeness (QED) is 0.773. The average Bonchev–Trinajstić information content (AvgIpc) is 2.74. The second-order valence-electron chi connectivity index (χ2n) is 6.77. The number of carbonyl (C=O) groups excluding carboxylic acids is 1. The molecule has 2 N–H and O–H groups in total. The first kappa shape index (κ1) is 19.4. The van der Waals surface area contributed by atoms with E-state index in [0.29, 0.717) is 37.4 Å². The van der Waals surface area contributed by atoms with Crippen LogP contribution in [0.15, 0.2) is 41.4 Å². The summed E-state index contributed by atoms with van der Waals surface area (Å²) in [7, 11) is -2.56. The van der Waals surface area contributed by atoms with Gasteiger partial charge in [-0.05, 0) is 35.8 Å². The Kier molecular flexibility index (Phi) is 5.25. The number of aromatic nitrogens is 1. The zero-order valence-electron chi connectivity index (χ0n) is 15.9. The van der Waals surface area contributed by atoms with Crippen molar-refractivity contribution in [3.8, 4) is 5.75 Å². The zero-order chi connectivity index (χ0) is 20.4. The van der Waals surface area contributed by atoms with Crippen LogP contribution < -0.4 is 14.8 Å². The molecule has 2 aromatic rings. The van der Waals surface area contributed by atoms with E-state index in [1.807, 2.05) is 12.1 Å². The molecule has 1 aromatic heterocycles. The van der Waals surface area contributed by atoms with Crippen molar-refractivity contribution in [1.29, 1.82) is 0 Å². The fraction of sp³-hybridized carbons (Fsp3) is 0.300. The zero-order valence-corrected chi connectivity index (χ0v) is 16.7. The number of hydrogen-bond donors (Lipinski definition) is 2. The summed E-state index contributed by atoms with van der Waals surface area (Å²) in [5.41, 5.74) is 2.94. The summed E-state index contributed by atoms with van der Waals surface area (Å²) in [6.07, 6.45) is 4.86. The van der Waals surface area contributed by atoms with Gasteiger partial charge in [-0.3, -0.25) is 14.5 Å². The summed E-state index contributed by atoms with van der Waals surface area (Å²) >= 11 is 0. The molecule has 0 unspecified atom stereocenters. The van der Waals surface area contributed by atoms with Crippen molar-refractivity contribution in [2.45, 2.75) is 17.7 Å². The number of fused-ring (bicyclic) bond motifs is 1.